The number of carbonyl (C=O) groups excluding carboxylic acids is 2. The van der Waals surface area contributed by atoms with Gasteiger partial charge in [0.05, 0.1) is 31.0 Å². The maximum atomic E-state index is 13.3. The zero-order valence-corrected chi connectivity index (χ0v) is 20.4. The van der Waals surface area contributed by atoms with E-state index in [4.69, 9.17) is 13.9 Å². The molecule has 0 aliphatic carbocycles. The predicted molar refractivity (Wildman–Crippen MR) is 134 cm³/mol. The Balaban J connectivity index is 1.59. The quantitative estimate of drug-likeness (QED) is 0.198. The zero-order valence-electron chi connectivity index (χ0n) is 20.4. The standard InChI is InChI=1S/C29H29NO6/c1-3-4-12-34-22-8-5-7-19(16-22)26-25(28(32)29(33)30(26)17-23-9-6-13-35-23)27(31)20-10-11-24-21(15-20)14-18(2)36-24/h5-11,13,15-16,18,26,31H,3-4,12,14,17H2,1-2H3. The van der Waals surface area contributed by atoms with E-state index in [1.165, 1.54) is 11.2 Å². The van der Waals surface area contributed by atoms with Crippen molar-refractivity contribution < 1.29 is 28.6 Å². The number of hydrogen-bond donors (Lipinski definition) is 1. The molecular formula is C29H29NO6. The molecule has 1 fully saturated rings. The van der Waals surface area contributed by atoms with Crippen LogP contribution in [0.15, 0.2) is 70.9 Å². The second-order valence-electron chi connectivity index (χ2n) is 9.24. The molecule has 2 aliphatic heterocycles. The van der Waals surface area contributed by atoms with E-state index in [0.29, 0.717) is 35.7 Å². The Labute approximate surface area is 209 Å². The third kappa shape index (κ3) is 4.49. The van der Waals surface area contributed by atoms with Crippen molar-refractivity contribution in [3.8, 4) is 11.5 Å². The summed E-state index contributed by atoms with van der Waals surface area (Å²) in [5, 5.41) is 11.4. The summed E-state index contributed by atoms with van der Waals surface area (Å²) >= 11 is 0. The van der Waals surface area contributed by atoms with Gasteiger partial charge in [0.25, 0.3) is 11.7 Å². The van der Waals surface area contributed by atoms with Crippen LogP contribution >= 0.6 is 0 Å². The van der Waals surface area contributed by atoms with Crippen LogP contribution in [0.3, 0.4) is 0 Å². The molecule has 2 aromatic carbocycles. The van der Waals surface area contributed by atoms with Crippen molar-refractivity contribution in [2.75, 3.05) is 6.61 Å². The average Bonchev–Trinajstić information content (AvgIpc) is 3.58. The normalized spacial score (nSPS) is 20.4. The minimum atomic E-state index is -0.798. The fraction of sp³-hybridized carbons (Fsp3) is 0.310. The number of furan rings is 1. The summed E-state index contributed by atoms with van der Waals surface area (Å²) < 4.78 is 17.1. The molecular weight excluding hydrogens is 458 g/mol. The molecule has 1 aromatic heterocycles. The molecule has 2 unspecified atom stereocenters. The number of likely N-dealkylation sites (tertiary alicyclic amines) is 1. The third-order valence-electron chi connectivity index (χ3n) is 6.56. The third-order valence-corrected chi connectivity index (χ3v) is 6.56. The number of aliphatic hydroxyl groups excluding tert-OH is 1. The van der Waals surface area contributed by atoms with Gasteiger partial charge in [-0.25, -0.2) is 0 Å². The Kier molecular flexibility index (Phi) is 6.55. The lowest BCUT2D eigenvalue weighted by Crippen LogP contribution is -2.29. The lowest BCUT2D eigenvalue weighted by atomic mass is 9.94. The van der Waals surface area contributed by atoms with Crippen molar-refractivity contribution in [3.63, 3.8) is 0 Å². The Bertz CT molecular complexity index is 1310. The first-order valence-corrected chi connectivity index (χ1v) is 12.3. The second kappa shape index (κ2) is 9.93. The molecule has 1 saturated heterocycles. The number of aliphatic hydroxyl groups is 1. The molecule has 0 bridgehead atoms. The molecule has 0 spiro atoms. The fourth-order valence-electron chi connectivity index (χ4n) is 4.79. The topological polar surface area (TPSA) is 89.2 Å². The monoisotopic (exact) mass is 487 g/mol. The van der Waals surface area contributed by atoms with Gasteiger partial charge in [0.15, 0.2) is 0 Å². The van der Waals surface area contributed by atoms with Gasteiger partial charge in [0.2, 0.25) is 0 Å². The number of amides is 1. The summed E-state index contributed by atoms with van der Waals surface area (Å²) in [5.41, 5.74) is 2.15. The summed E-state index contributed by atoms with van der Waals surface area (Å²) in [6.07, 6.45) is 4.21. The van der Waals surface area contributed by atoms with Gasteiger partial charge in [-0.1, -0.05) is 25.5 Å². The minimum absolute atomic E-state index is 0.0455. The number of carbonyl (C=O) groups is 2. The predicted octanol–water partition coefficient (Wildman–Crippen LogP) is 5.40. The fourth-order valence-corrected chi connectivity index (χ4v) is 4.79. The molecule has 1 N–H and O–H groups in total. The SMILES string of the molecule is CCCCOc1cccc(C2C(=C(O)c3ccc4c(c3)CC(C)O4)C(=O)C(=O)N2Cc2ccco2)c1. The average molecular weight is 488 g/mol. The highest BCUT2D eigenvalue weighted by Gasteiger charge is 2.46. The number of unbranched alkanes of at least 4 members (excludes halogenated alkanes) is 1. The molecule has 7 heteroatoms. The Morgan fingerprint density at radius 2 is 2.00 bits per heavy atom. The second-order valence-corrected chi connectivity index (χ2v) is 9.24. The molecule has 2 aliphatic rings. The molecule has 7 nitrogen and oxygen atoms in total. The molecule has 0 radical (unpaired) electrons. The lowest BCUT2D eigenvalue weighted by molar-refractivity contribution is -0.140. The summed E-state index contributed by atoms with van der Waals surface area (Å²) in [6, 6.07) is 15.4. The zero-order chi connectivity index (χ0) is 25.2. The van der Waals surface area contributed by atoms with E-state index in [1.54, 1.807) is 24.3 Å². The van der Waals surface area contributed by atoms with Crippen molar-refractivity contribution in [1.82, 2.24) is 4.90 Å². The Morgan fingerprint density at radius 3 is 2.78 bits per heavy atom. The Morgan fingerprint density at radius 1 is 1.14 bits per heavy atom. The van der Waals surface area contributed by atoms with Crippen LogP contribution in [-0.2, 0) is 22.6 Å². The maximum absolute atomic E-state index is 13.3. The first kappa shape index (κ1) is 23.7. The van der Waals surface area contributed by atoms with Crippen LogP contribution in [0.1, 0.15) is 55.2 Å². The van der Waals surface area contributed by atoms with Gasteiger partial charge in [0.1, 0.15) is 29.1 Å². The number of hydrogen-bond acceptors (Lipinski definition) is 6. The number of Topliss-reactive ketones (excluding diaryl/α,β-unsaturated/α-hetero) is 1. The number of benzene rings is 2. The highest BCUT2D eigenvalue weighted by Crippen LogP contribution is 2.42. The van der Waals surface area contributed by atoms with Crippen LogP contribution in [0.2, 0.25) is 0 Å². The van der Waals surface area contributed by atoms with Crippen LogP contribution in [0, 0.1) is 0 Å². The van der Waals surface area contributed by atoms with Gasteiger partial charge in [-0.15, -0.1) is 0 Å². The van der Waals surface area contributed by atoms with E-state index < -0.39 is 17.7 Å². The van der Waals surface area contributed by atoms with E-state index in [0.717, 1.165) is 24.2 Å². The Hall–Kier alpha value is -4.00. The smallest absolute Gasteiger partial charge is 0.296 e. The van der Waals surface area contributed by atoms with Crippen LogP contribution < -0.4 is 9.47 Å². The van der Waals surface area contributed by atoms with Gasteiger partial charge >= 0.3 is 0 Å². The van der Waals surface area contributed by atoms with Crippen molar-refractivity contribution in [2.45, 2.75) is 51.8 Å². The number of ketones is 1. The van der Waals surface area contributed by atoms with Gasteiger partial charge in [0, 0.05) is 12.0 Å². The van der Waals surface area contributed by atoms with Crippen molar-refractivity contribution >= 4 is 17.4 Å². The number of fused-ring (bicyclic) bond motifs is 1. The highest BCUT2D eigenvalue weighted by atomic mass is 16.5. The molecule has 36 heavy (non-hydrogen) atoms. The summed E-state index contributed by atoms with van der Waals surface area (Å²) in [5.74, 6) is 0.333. The molecule has 5 rings (SSSR count). The van der Waals surface area contributed by atoms with E-state index in [9.17, 15) is 14.7 Å². The van der Waals surface area contributed by atoms with Crippen LogP contribution in [-0.4, -0.2) is 34.4 Å². The summed E-state index contributed by atoms with van der Waals surface area (Å²) in [7, 11) is 0. The van der Waals surface area contributed by atoms with Crippen molar-refractivity contribution in [1.29, 1.82) is 0 Å². The highest BCUT2D eigenvalue weighted by molar-refractivity contribution is 6.46. The van der Waals surface area contributed by atoms with E-state index in [1.807, 2.05) is 37.3 Å². The van der Waals surface area contributed by atoms with Gasteiger partial charge in [-0.2, -0.15) is 0 Å². The molecule has 1 amide bonds. The summed E-state index contributed by atoms with van der Waals surface area (Å²) in [4.78, 5) is 28.0. The van der Waals surface area contributed by atoms with Gasteiger partial charge in [-0.05, 0) is 66.9 Å². The van der Waals surface area contributed by atoms with Crippen LogP contribution in [0.25, 0.3) is 5.76 Å². The lowest BCUT2D eigenvalue weighted by Gasteiger charge is -2.25. The van der Waals surface area contributed by atoms with Crippen LogP contribution in [0.5, 0.6) is 11.5 Å². The van der Waals surface area contributed by atoms with E-state index >= 15 is 0 Å². The minimum Gasteiger partial charge on any atom is -0.507 e. The summed E-state index contributed by atoms with van der Waals surface area (Å²) in [6.45, 7) is 4.74. The maximum Gasteiger partial charge on any atom is 0.296 e. The van der Waals surface area contributed by atoms with E-state index in [2.05, 4.69) is 6.92 Å². The van der Waals surface area contributed by atoms with Crippen molar-refractivity contribution in [2.24, 2.45) is 0 Å². The first-order chi connectivity index (χ1) is 17.5. The number of ether oxygens (including phenoxy) is 2. The molecule has 3 aromatic rings. The van der Waals surface area contributed by atoms with Gasteiger partial charge < -0.3 is 23.9 Å². The van der Waals surface area contributed by atoms with E-state index in [-0.39, 0.29) is 24.0 Å². The molecule has 186 valence electrons. The molecule has 2 atom stereocenters. The molecule has 0 saturated carbocycles. The van der Waals surface area contributed by atoms with Gasteiger partial charge in [-0.3, -0.25) is 9.59 Å². The first-order valence-electron chi connectivity index (χ1n) is 12.3. The number of nitrogens with zero attached hydrogens (tertiary/aromatic N) is 1. The molecule has 3 heterocycles. The van der Waals surface area contributed by atoms with Crippen LogP contribution in [0.4, 0.5) is 0 Å². The van der Waals surface area contributed by atoms with Crippen molar-refractivity contribution in [3.05, 3.63) is 88.9 Å². The number of rotatable bonds is 8. The largest absolute Gasteiger partial charge is 0.507 e.